The van der Waals surface area contributed by atoms with Gasteiger partial charge in [0.05, 0.1) is 0 Å². The van der Waals surface area contributed by atoms with Gasteiger partial charge in [0.1, 0.15) is 0 Å². The van der Waals surface area contributed by atoms with Crippen LogP contribution in [-0.2, 0) is 17.1 Å². The third-order valence-corrected chi connectivity index (χ3v) is 0. The normalized spacial score (nSPS) is 2.40. The molecule has 35 valence electrons. The minimum absolute atomic E-state index is 0. The van der Waals surface area contributed by atoms with Crippen LogP contribution in [0.25, 0.3) is 0 Å². The van der Waals surface area contributed by atoms with Crippen molar-refractivity contribution in [2.75, 3.05) is 14.2 Å². The Balaban J connectivity index is -0.0000000133. The summed E-state index contributed by atoms with van der Waals surface area (Å²) in [4.78, 5) is 0. The third kappa shape index (κ3) is 137. The topological polar surface area (TPSA) is 40.5 Å². The minimum Gasteiger partial charge on any atom is -0.400 e. The zero-order valence-corrected chi connectivity index (χ0v) is 4.45. The van der Waals surface area contributed by atoms with Crippen molar-refractivity contribution in [1.29, 1.82) is 0 Å². The molecule has 0 rings (SSSR count). The van der Waals surface area contributed by atoms with Crippen molar-refractivity contribution in [2.24, 2.45) is 0 Å². The average molecular weight is 119 g/mol. The smallest absolute Gasteiger partial charge is 0.0319 e. The molecule has 0 amide bonds. The van der Waals surface area contributed by atoms with E-state index in [0.717, 1.165) is 14.2 Å². The summed E-state index contributed by atoms with van der Waals surface area (Å²) in [5.41, 5.74) is 0. The summed E-state index contributed by atoms with van der Waals surface area (Å²) in [6, 6.07) is 0. The molecule has 0 bridgehead atoms. The van der Waals surface area contributed by atoms with Crippen LogP contribution in [0, 0.1) is 0 Å². The number of rotatable bonds is 0. The molecule has 0 unspecified atom stereocenters. The maximum absolute atomic E-state index is 7.00. The molecule has 2 nitrogen and oxygen atoms in total. The molecule has 0 aromatic rings. The van der Waals surface area contributed by atoms with E-state index in [-0.39, 0.29) is 17.1 Å². The van der Waals surface area contributed by atoms with Gasteiger partial charge in [0.2, 0.25) is 0 Å². The van der Waals surface area contributed by atoms with E-state index in [2.05, 4.69) is 0 Å². The van der Waals surface area contributed by atoms with Crippen LogP contribution >= 0.6 is 0 Å². The summed E-state index contributed by atoms with van der Waals surface area (Å²) in [5.74, 6) is 0. The Morgan fingerprint density at radius 3 is 0.800 bits per heavy atom. The van der Waals surface area contributed by atoms with Crippen molar-refractivity contribution >= 4 is 0 Å². The number of aliphatic hydroxyl groups excluding tert-OH is 2. The Hall–Kier alpha value is 0.439. The fourth-order valence-corrected chi connectivity index (χ4v) is 0. The zero-order valence-electron chi connectivity index (χ0n) is 3.27. The van der Waals surface area contributed by atoms with Gasteiger partial charge in [0.15, 0.2) is 0 Å². The van der Waals surface area contributed by atoms with Gasteiger partial charge in [-0.05, 0) is 0 Å². The van der Waals surface area contributed by atoms with E-state index in [4.69, 9.17) is 10.2 Å². The molecule has 2 N–H and O–H groups in total. The molecular formula is C2H8MnO2. The molecule has 0 aliphatic rings. The van der Waals surface area contributed by atoms with Crippen molar-refractivity contribution in [3.8, 4) is 0 Å². The van der Waals surface area contributed by atoms with E-state index >= 15 is 0 Å². The molecule has 3 heteroatoms. The molecule has 5 heavy (non-hydrogen) atoms. The quantitative estimate of drug-likeness (QED) is 0.410. The molecule has 0 saturated heterocycles. The first-order valence-electron chi connectivity index (χ1n) is 0.894. The molecule has 1 radical (unpaired) electrons. The molecule has 0 aromatic heterocycles. The molecule has 0 fully saturated rings. The van der Waals surface area contributed by atoms with Crippen molar-refractivity contribution in [3.05, 3.63) is 0 Å². The average Bonchev–Trinajstić information content (AvgIpc) is 1.50. The van der Waals surface area contributed by atoms with Crippen molar-refractivity contribution < 1.29 is 27.3 Å². The largest absolute Gasteiger partial charge is 0.400 e. The van der Waals surface area contributed by atoms with Crippen LogP contribution in [0.3, 0.4) is 0 Å². The molecule has 0 aliphatic heterocycles. The van der Waals surface area contributed by atoms with E-state index in [1.54, 1.807) is 0 Å². The standard InChI is InChI=1S/2CH4O.Mn/c2*1-2;/h2*2H,1H3;. The van der Waals surface area contributed by atoms with E-state index in [0.29, 0.717) is 0 Å². The molecule has 0 aromatic carbocycles. The SMILES string of the molecule is CO.CO.[Mn]. The molecule has 0 saturated carbocycles. The van der Waals surface area contributed by atoms with Crippen LogP contribution in [-0.4, -0.2) is 24.4 Å². The van der Waals surface area contributed by atoms with Gasteiger partial charge in [0.25, 0.3) is 0 Å². The van der Waals surface area contributed by atoms with Gasteiger partial charge in [-0.3, -0.25) is 0 Å². The van der Waals surface area contributed by atoms with Crippen molar-refractivity contribution in [2.45, 2.75) is 0 Å². The van der Waals surface area contributed by atoms with Gasteiger partial charge in [0, 0.05) is 31.3 Å². The summed E-state index contributed by atoms with van der Waals surface area (Å²) in [5, 5.41) is 14.0. The fraction of sp³-hybridized carbons (Fsp3) is 1.00. The van der Waals surface area contributed by atoms with E-state index < -0.39 is 0 Å². The summed E-state index contributed by atoms with van der Waals surface area (Å²) in [6.07, 6.45) is 0. The second kappa shape index (κ2) is 272. The molecule has 0 spiro atoms. The maximum Gasteiger partial charge on any atom is 0.0319 e. The van der Waals surface area contributed by atoms with Gasteiger partial charge >= 0.3 is 0 Å². The monoisotopic (exact) mass is 119 g/mol. The summed E-state index contributed by atoms with van der Waals surface area (Å²) >= 11 is 0. The third-order valence-electron chi connectivity index (χ3n) is 0. The first-order valence-corrected chi connectivity index (χ1v) is 0.894. The minimum atomic E-state index is 0. The van der Waals surface area contributed by atoms with Crippen LogP contribution in [0.15, 0.2) is 0 Å². The van der Waals surface area contributed by atoms with Gasteiger partial charge in [-0.1, -0.05) is 0 Å². The van der Waals surface area contributed by atoms with Gasteiger partial charge in [-0.15, -0.1) is 0 Å². The Bertz CT molecular complexity index is 7.61. The maximum atomic E-state index is 7.00. The van der Waals surface area contributed by atoms with Gasteiger partial charge in [-0.2, -0.15) is 0 Å². The predicted octanol–water partition coefficient (Wildman–Crippen LogP) is -0.786. The Labute approximate surface area is 42.3 Å². The fourth-order valence-electron chi connectivity index (χ4n) is 0. The van der Waals surface area contributed by atoms with Crippen LogP contribution < -0.4 is 0 Å². The second-order valence-corrected chi connectivity index (χ2v) is 0. The predicted molar refractivity (Wildman–Crippen MR) is 16.3 cm³/mol. The Morgan fingerprint density at radius 1 is 0.800 bits per heavy atom. The Kier molecular flexibility index (Phi) is 980. The van der Waals surface area contributed by atoms with Crippen molar-refractivity contribution in [1.82, 2.24) is 0 Å². The summed E-state index contributed by atoms with van der Waals surface area (Å²) in [7, 11) is 2.00. The molecule has 0 atom stereocenters. The van der Waals surface area contributed by atoms with E-state index in [9.17, 15) is 0 Å². The first kappa shape index (κ1) is 18.0. The van der Waals surface area contributed by atoms with Crippen LogP contribution in [0.1, 0.15) is 0 Å². The first-order chi connectivity index (χ1) is 2.00. The number of hydrogen-bond acceptors (Lipinski definition) is 2. The summed E-state index contributed by atoms with van der Waals surface area (Å²) in [6.45, 7) is 0. The Morgan fingerprint density at radius 2 is 0.800 bits per heavy atom. The van der Waals surface area contributed by atoms with Gasteiger partial charge < -0.3 is 10.2 Å². The van der Waals surface area contributed by atoms with Crippen LogP contribution in [0.5, 0.6) is 0 Å². The second-order valence-electron chi connectivity index (χ2n) is 0. The van der Waals surface area contributed by atoms with E-state index in [1.807, 2.05) is 0 Å². The number of aliphatic hydroxyl groups is 2. The number of hydrogen-bond donors (Lipinski definition) is 2. The van der Waals surface area contributed by atoms with Crippen molar-refractivity contribution in [3.63, 3.8) is 0 Å². The zero-order chi connectivity index (χ0) is 4.00. The molecule has 0 heterocycles. The molecular weight excluding hydrogens is 111 g/mol. The van der Waals surface area contributed by atoms with Crippen LogP contribution in [0.4, 0.5) is 0 Å². The molecule has 0 aliphatic carbocycles. The van der Waals surface area contributed by atoms with Crippen LogP contribution in [0.2, 0.25) is 0 Å². The summed E-state index contributed by atoms with van der Waals surface area (Å²) < 4.78 is 0. The van der Waals surface area contributed by atoms with E-state index in [1.165, 1.54) is 0 Å². The van der Waals surface area contributed by atoms with Gasteiger partial charge in [-0.25, -0.2) is 0 Å².